The first-order valence-electron chi connectivity index (χ1n) is 4.35. The van der Waals surface area contributed by atoms with Crippen molar-refractivity contribution in [2.75, 3.05) is 0 Å². The van der Waals surface area contributed by atoms with E-state index in [1.54, 1.807) is 13.0 Å². The van der Waals surface area contributed by atoms with E-state index in [4.69, 9.17) is 5.26 Å². The van der Waals surface area contributed by atoms with Gasteiger partial charge in [0, 0.05) is 11.6 Å². The molecule has 2 aromatic rings. The topological polar surface area (TPSA) is 56.6 Å². The van der Waals surface area contributed by atoms with E-state index in [-0.39, 0.29) is 10.9 Å². The molecule has 0 bridgehead atoms. The van der Waals surface area contributed by atoms with E-state index >= 15 is 0 Å². The Bertz CT molecular complexity index is 637. The van der Waals surface area contributed by atoms with E-state index in [0.29, 0.717) is 11.1 Å². The Labute approximate surface area is 84.8 Å². The molecule has 0 atom stereocenters. The summed E-state index contributed by atoms with van der Waals surface area (Å²) in [6, 6.07) is 4.24. The van der Waals surface area contributed by atoms with E-state index in [1.165, 1.54) is 12.3 Å². The summed E-state index contributed by atoms with van der Waals surface area (Å²) in [6.45, 7) is 1.70. The minimum absolute atomic E-state index is 0.00694. The lowest BCUT2D eigenvalue weighted by molar-refractivity contribution is 0.628. The van der Waals surface area contributed by atoms with Crippen molar-refractivity contribution in [1.82, 2.24) is 4.98 Å². The summed E-state index contributed by atoms with van der Waals surface area (Å²) < 4.78 is 13.1. The summed E-state index contributed by atoms with van der Waals surface area (Å²) >= 11 is 0. The van der Waals surface area contributed by atoms with Crippen LogP contribution in [0.5, 0.6) is 0 Å². The van der Waals surface area contributed by atoms with Gasteiger partial charge in [-0.2, -0.15) is 5.26 Å². The van der Waals surface area contributed by atoms with Crippen LogP contribution in [-0.2, 0) is 0 Å². The van der Waals surface area contributed by atoms with Crippen LogP contribution in [0.25, 0.3) is 10.9 Å². The Morgan fingerprint density at radius 1 is 1.47 bits per heavy atom. The van der Waals surface area contributed by atoms with Crippen LogP contribution >= 0.6 is 0 Å². The highest BCUT2D eigenvalue weighted by Gasteiger charge is 2.07. The number of nitrogens with zero attached hydrogens (tertiary/aromatic N) is 1. The summed E-state index contributed by atoms with van der Waals surface area (Å²) in [5, 5.41) is 8.87. The Balaban J connectivity index is 3.01. The molecule has 3 nitrogen and oxygen atoms in total. The maximum Gasteiger partial charge on any atom is 0.207 e. The van der Waals surface area contributed by atoms with E-state index in [1.807, 2.05) is 0 Å². The second-order valence-electron chi connectivity index (χ2n) is 3.29. The lowest BCUT2D eigenvalue weighted by atomic mass is 10.1. The fourth-order valence-corrected chi connectivity index (χ4v) is 1.55. The van der Waals surface area contributed by atoms with Gasteiger partial charge in [0.2, 0.25) is 5.43 Å². The van der Waals surface area contributed by atoms with Gasteiger partial charge >= 0.3 is 0 Å². The van der Waals surface area contributed by atoms with Crippen molar-refractivity contribution < 1.29 is 4.39 Å². The molecule has 1 aromatic carbocycles. The molecule has 0 saturated heterocycles. The molecular weight excluding hydrogens is 195 g/mol. The maximum absolute atomic E-state index is 13.1. The van der Waals surface area contributed by atoms with Crippen molar-refractivity contribution in [3.8, 4) is 6.07 Å². The number of rotatable bonds is 0. The van der Waals surface area contributed by atoms with Gasteiger partial charge in [-0.25, -0.2) is 4.39 Å². The third-order valence-corrected chi connectivity index (χ3v) is 2.27. The van der Waals surface area contributed by atoms with Gasteiger partial charge in [0.1, 0.15) is 17.4 Å². The maximum atomic E-state index is 13.1. The molecule has 0 radical (unpaired) electrons. The largest absolute Gasteiger partial charge is 0.359 e. The second kappa shape index (κ2) is 3.21. The van der Waals surface area contributed by atoms with E-state index in [0.717, 1.165) is 6.07 Å². The molecule has 0 amide bonds. The molecule has 1 aromatic heterocycles. The lowest BCUT2D eigenvalue weighted by Crippen LogP contribution is -2.08. The number of aromatic amines is 1. The summed E-state index contributed by atoms with van der Waals surface area (Å²) in [4.78, 5) is 14.5. The van der Waals surface area contributed by atoms with Crippen molar-refractivity contribution in [1.29, 1.82) is 5.26 Å². The highest BCUT2D eigenvalue weighted by Crippen LogP contribution is 2.15. The highest BCUT2D eigenvalue weighted by atomic mass is 19.1. The van der Waals surface area contributed by atoms with Gasteiger partial charge in [0.05, 0.1) is 5.52 Å². The first-order valence-corrected chi connectivity index (χ1v) is 4.35. The molecule has 0 aliphatic carbocycles. The van der Waals surface area contributed by atoms with Crippen LogP contribution in [0.1, 0.15) is 11.1 Å². The zero-order chi connectivity index (χ0) is 11.0. The minimum atomic E-state index is -0.472. The number of hydrogen-bond acceptors (Lipinski definition) is 2. The van der Waals surface area contributed by atoms with Gasteiger partial charge < -0.3 is 4.98 Å². The number of nitriles is 1. The monoisotopic (exact) mass is 202 g/mol. The molecule has 0 unspecified atom stereocenters. The third-order valence-electron chi connectivity index (χ3n) is 2.27. The van der Waals surface area contributed by atoms with Crippen LogP contribution in [0, 0.1) is 24.1 Å². The van der Waals surface area contributed by atoms with Gasteiger partial charge in [-0.1, -0.05) is 0 Å². The molecule has 15 heavy (non-hydrogen) atoms. The number of aromatic nitrogens is 1. The third kappa shape index (κ3) is 1.38. The van der Waals surface area contributed by atoms with E-state index in [9.17, 15) is 9.18 Å². The molecule has 0 spiro atoms. The number of aryl methyl sites for hydroxylation is 1. The zero-order valence-corrected chi connectivity index (χ0v) is 7.97. The molecule has 0 saturated carbocycles. The van der Waals surface area contributed by atoms with Crippen LogP contribution in [0.2, 0.25) is 0 Å². The molecule has 0 fully saturated rings. The predicted octanol–water partition coefficient (Wildman–Crippen LogP) is 1.85. The average Bonchev–Trinajstić information content (AvgIpc) is 2.19. The Morgan fingerprint density at radius 3 is 2.87 bits per heavy atom. The fourth-order valence-electron chi connectivity index (χ4n) is 1.55. The fraction of sp³-hybridized carbons (Fsp3) is 0.0909. The van der Waals surface area contributed by atoms with E-state index in [2.05, 4.69) is 4.98 Å². The van der Waals surface area contributed by atoms with Crippen LogP contribution < -0.4 is 5.43 Å². The Kier molecular flexibility index (Phi) is 2.01. The van der Waals surface area contributed by atoms with Gasteiger partial charge in [-0.15, -0.1) is 0 Å². The zero-order valence-electron chi connectivity index (χ0n) is 7.97. The van der Waals surface area contributed by atoms with Gasteiger partial charge in [0.15, 0.2) is 0 Å². The number of nitrogens with one attached hydrogen (secondary N) is 1. The molecule has 1 heterocycles. The Morgan fingerprint density at radius 2 is 2.20 bits per heavy atom. The van der Waals surface area contributed by atoms with Crippen molar-refractivity contribution in [2.45, 2.75) is 6.92 Å². The molecule has 2 rings (SSSR count). The predicted molar refractivity (Wildman–Crippen MR) is 54.0 cm³/mol. The van der Waals surface area contributed by atoms with Crippen LogP contribution in [0.3, 0.4) is 0 Å². The quantitative estimate of drug-likeness (QED) is 0.708. The SMILES string of the molecule is Cc1cc(F)cc2c(=O)c(C#N)c[nH]c12. The van der Waals surface area contributed by atoms with E-state index < -0.39 is 11.2 Å². The number of halogens is 1. The molecular formula is C11H7FN2O. The number of benzene rings is 1. The average molecular weight is 202 g/mol. The van der Waals surface area contributed by atoms with Gasteiger partial charge in [-0.3, -0.25) is 4.79 Å². The van der Waals surface area contributed by atoms with Crippen LogP contribution in [0.15, 0.2) is 23.1 Å². The molecule has 4 heteroatoms. The van der Waals surface area contributed by atoms with Crippen molar-refractivity contribution in [3.63, 3.8) is 0 Å². The van der Waals surface area contributed by atoms with Crippen molar-refractivity contribution in [3.05, 3.63) is 45.5 Å². The summed E-state index contributed by atoms with van der Waals surface area (Å²) in [7, 11) is 0. The minimum Gasteiger partial charge on any atom is -0.359 e. The second-order valence-corrected chi connectivity index (χ2v) is 3.29. The van der Waals surface area contributed by atoms with Crippen LogP contribution in [-0.4, -0.2) is 4.98 Å². The lowest BCUT2D eigenvalue weighted by Gasteiger charge is -2.02. The standard InChI is InChI=1S/C11H7FN2O/c1-6-2-8(12)3-9-10(6)14-5-7(4-13)11(9)15/h2-3,5H,1H3,(H,14,15). The summed E-state index contributed by atoms with van der Waals surface area (Å²) in [5.41, 5.74) is 0.772. The van der Waals surface area contributed by atoms with Crippen molar-refractivity contribution in [2.24, 2.45) is 0 Å². The summed E-state index contributed by atoms with van der Waals surface area (Å²) in [5.74, 6) is -0.472. The molecule has 0 aliphatic rings. The van der Waals surface area contributed by atoms with Gasteiger partial charge in [0.25, 0.3) is 0 Å². The number of pyridine rings is 1. The molecule has 74 valence electrons. The normalized spacial score (nSPS) is 10.2. The summed E-state index contributed by atoms with van der Waals surface area (Å²) in [6.07, 6.45) is 1.34. The first-order chi connectivity index (χ1) is 7.13. The smallest absolute Gasteiger partial charge is 0.207 e. The Hall–Kier alpha value is -2.15. The number of H-pyrrole nitrogens is 1. The molecule has 0 aliphatic heterocycles. The number of hydrogen-bond donors (Lipinski definition) is 1. The van der Waals surface area contributed by atoms with Crippen molar-refractivity contribution >= 4 is 10.9 Å². The number of fused-ring (bicyclic) bond motifs is 1. The highest BCUT2D eigenvalue weighted by molar-refractivity contribution is 5.82. The molecule has 1 N–H and O–H groups in total. The first kappa shape index (κ1) is 9.41. The van der Waals surface area contributed by atoms with Gasteiger partial charge in [-0.05, 0) is 24.6 Å². The van der Waals surface area contributed by atoms with Crippen LogP contribution in [0.4, 0.5) is 4.39 Å².